The number of amides is 4. The van der Waals surface area contributed by atoms with Gasteiger partial charge in [-0.1, -0.05) is 104 Å². The zero-order valence-electron chi connectivity index (χ0n) is 31.1. The van der Waals surface area contributed by atoms with Gasteiger partial charge in [-0.15, -0.1) is 0 Å². The quantitative estimate of drug-likeness (QED) is 0.107. The number of aliphatic carboxylic acids is 1. The van der Waals surface area contributed by atoms with E-state index in [1.54, 1.807) is 26.8 Å². The Morgan fingerprint density at radius 2 is 1.27 bits per heavy atom. The monoisotopic (exact) mass is 710 g/mol. The summed E-state index contributed by atoms with van der Waals surface area (Å²) < 4.78 is 5.69. The number of carboxylic acid groups (broad SMARTS) is 1. The maximum atomic E-state index is 13.8. The molecule has 12 nitrogen and oxygen atoms in total. The SMILES string of the molecule is CCCOc1cccc(CC(=O)N[C@H](C(=O)N[C@@H](Cc2ccccc2)[C@@H](O)CC(=O)N[C@H](C(=O)NC(C(=O)O)C(C)C)[C@@H](C)CC)[C@@H](C)CC)c1. The maximum absolute atomic E-state index is 13.8. The molecule has 0 aromatic heterocycles. The van der Waals surface area contributed by atoms with Crippen LogP contribution in [0, 0.1) is 17.8 Å². The van der Waals surface area contributed by atoms with Crippen molar-refractivity contribution in [3.05, 3.63) is 65.7 Å². The van der Waals surface area contributed by atoms with Gasteiger partial charge in [0.2, 0.25) is 23.6 Å². The van der Waals surface area contributed by atoms with Gasteiger partial charge in [-0.25, -0.2) is 4.79 Å². The van der Waals surface area contributed by atoms with E-state index in [0.717, 1.165) is 17.5 Å². The number of ether oxygens (including phenoxy) is 1. The third-order valence-corrected chi connectivity index (χ3v) is 9.08. The summed E-state index contributed by atoms with van der Waals surface area (Å²) in [4.78, 5) is 65.3. The Labute approximate surface area is 302 Å². The number of hydrogen-bond acceptors (Lipinski definition) is 7. The molecule has 7 atom stereocenters. The number of carboxylic acids is 1. The van der Waals surface area contributed by atoms with Gasteiger partial charge in [-0.3, -0.25) is 19.2 Å². The molecule has 0 saturated heterocycles. The van der Waals surface area contributed by atoms with Gasteiger partial charge in [0.15, 0.2) is 0 Å². The van der Waals surface area contributed by atoms with E-state index in [-0.39, 0.29) is 36.5 Å². The Morgan fingerprint density at radius 1 is 0.706 bits per heavy atom. The summed E-state index contributed by atoms with van der Waals surface area (Å²) in [7, 11) is 0. The van der Waals surface area contributed by atoms with Crippen molar-refractivity contribution in [1.82, 2.24) is 21.3 Å². The van der Waals surface area contributed by atoms with Crippen LogP contribution < -0.4 is 26.0 Å². The third-order valence-electron chi connectivity index (χ3n) is 9.08. The molecule has 0 radical (unpaired) electrons. The average Bonchev–Trinajstić information content (AvgIpc) is 3.10. The molecular weight excluding hydrogens is 652 g/mol. The number of benzene rings is 2. The summed E-state index contributed by atoms with van der Waals surface area (Å²) in [6, 6.07) is 12.4. The Kier molecular flexibility index (Phi) is 18.2. The van der Waals surface area contributed by atoms with Crippen molar-refractivity contribution >= 4 is 29.6 Å². The summed E-state index contributed by atoms with van der Waals surface area (Å²) in [5, 5.41) is 32.0. The highest BCUT2D eigenvalue weighted by Crippen LogP contribution is 2.17. The van der Waals surface area contributed by atoms with E-state index in [1.807, 2.05) is 76.2 Å². The Morgan fingerprint density at radius 3 is 1.82 bits per heavy atom. The smallest absolute Gasteiger partial charge is 0.326 e. The van der Waals surface area contributed by atoms with Gasteiger partial charge in [0, 0.05) is 0 Å². The topological polar surface area (TPSA) is 183 Å². The van der Waals surface area contributed by atoms with Gasteiger partial charge >= 0.3 is 5.97 Å². The van der Waals surface area contributed by atoms with E-state index in [1.165, 1.54) is 0 Å². The van der Waals surface area contributed by atoms with Crippen molar-refractivity contribution < 1.29 is 38.9 Å². The molecule has 4 amide bonds. The van der Waals surface area contributed by atoms with Crippen LogP contribution in [-0.2, 0) is 36.8 Å². The summed E-state index contributed by atoms with van der Waals surface area (Å²) in [6.07, 6.45) is 0.382. The Balaban J connectivity index is 2.24. The minimum Gasteiger partial charge on any atom is -0.494 e. The molecule has 2 rings (SSSR count). The minimum atomic E-state index is -1.36. The number of aliphatic hydroxyl groups excluding tert-OH is 1. The first-order valence-electron chi connectivity index (χ1n) is 18.1. The van der Waals surface area contributed by atoms with Crippen LogP contribution >= 0.6 is 0 Å². The molecule has 0 aliphatic carbocycles. The van der Waals surface area contributed by atoms with Crippen LogP contribution in [0.5, 0.6) is 5.75 Å². The third kappa shape index (κ3) is 14.4. The normalized spacial score (nSPS) is 15.3. The van der Waals surface area contributed by atoms with Crippen molar-refractivity contribution in [3.63, 3.8) is 0 Å². The van der Waals surface area contributed by atoms with Crippen LogP contribution in [0.1, 0.15) is 85.3 Å². The summed E-state index contributed by atoms with van der Waals surface area (Å²) in [5.41, 5.74) is 1.54. The van der Waals surface area contributed by atoms with E-state index in [0.29, 0.717) is 25.2 Å². The number of aliphatic hydroxyl groups is 1. The van der Waals surface area contributed by atoms with Crippen LogP contribution in [-0.4, -0.2) is 76.7 Å². The van der Waals surface area contributed by atoms with Crippen molar-refractivity contribution in [2.24, 2.45) is 17.8 Å². The number of nitrogens with one attached hydrogen (secondary N) is 4. The highest BCUT2D eigenvalue weighted by molar-refractivity contribution is 5.91. The second-order valence-corrected chi connectivity index (χ2v) is 13.7. The zero-order chi connectivity index (χ0) is 38.1. The number of carbonyl (C=O) groups is 5. The second kappa shape index (κ2) is 21.7. The van der Waals surface area contributed by atoms with Crippen molar-refractivity contribution in [1.29, 1.82) is 0 Å². The summed E-state index contributed by atoms with van der Waals surface area (Å²) in [6.45, 7) is 13.3. The predicted molar refractivity (Wildman–Crippen MR) is 196 cm³/mol. The fourth-order valence-corrected chi connectivity index (χ4v) is 5.52. The molecular formula is C39H58N4O8. The molecule has 0 bridgehead atoms. The molecule has 0 aliphatic heterocycles. The first kappa shape index (κ1) is 42.7. The van der Waals surface area contributed by atoms with E-state index in [9.17, 15) is 34.2 Å². The molecule has 0 spiro atoms. The molecule has 0 aliphatic rings. The van der Waals surface area contributed by atoms with Crippen LogP contribution in [0.25, 0.3) is 0 Å². The number of carbonyl (C=O) groups excluding carboxylic acids is 4. The lowest BCUT2D eigenvalue weighted by molar-refractivity contribution is -0.143. The summed E-state index contributed by atoms with van der Waals surface area (Å²) >= 11 is 0. The van der Waals surface area contributed by atoms with Crippen LogP contribution in [0.2, 0.25) is 0 Å². The molecule has 0 heterocycles. The molecule has 282 valence electrons. The maximum Gasteiger partial charge on any atom is 0.326 e. The molecule has 0 fully saturated rings. The van der Waals surface area contributed by atoms with Crippen LogP contribution in [0.15, 0.2) is 54.6 Å². The molecule has 2 aromatic carbocycles. The predicted octanol–water partition coefficient (Wildman–Crippen LogP) is 3.78. The number of hydrogen-bond donors (Lipinski definition) is 6. The average molecular weight is 711 g/mol. The molecule has 51 heavy (non-hydrogen) atoms. The van der Waals surface area contributed by atoms with Gasteiger partial charge < -0.3 is 36.2 Å². The lowest BCUT2D eigenvalue weighted by Crippen LogP contribution is -2.57. The van der Waals surface area contributed by atoms with Gasteiger partial charge in [-0.05, 0) is 53.9 Å². The van der Waals surface area contributed by atoms with Gasteiger partial charge in [0.1, 0.15) is 23.9 Å². The van der Waals surface area contributed by atoms with Crippen molar-refractivity contribution in [2.45, 2.75) is 117 Å². The zero-order valence-corrected chi connectivity index (χ0v) is 31.1. The number of rotatable bonds is 22. The molecule has 6 N–H and O–H groups in total. The minimum absolute atomic E-state index is 0.0368. The highest BCUT2D eigenvalue weighted by atomic mass is 16.5. The van der Waals surface area contributed by atoms with Crippen molar-refractivity contribution in [2.75, 3.05) is 6.61 Å². The molecule has 2 aromatic rings. The fourth-order valence-electron chi connectivity index (χ4n) is 5.52. The van der Waals surface area contributed by atoms with Crippen LogP contribution in [0.4, 0.5) is 0 Å². The van der Waals surface area contributed by atoms with E-state index >= 15 is 0 Å². The second-order valence-electron chi connectivity index (χ2n) is 13.7. The van der Waals surface area contributed by atoms with Gasteiger partial charge in [0.05, 0.1) is 31.6 Å². The van der Waals surface area contributed by atoms with E-state index < -0.39 is 60.4 Å². The molecule has 0 saturated carbocycles. The molecule has 12 heteroatoms. The largest absolute Gasteiger partial charge is 0.494 e. The molecule has 1 unspecified atom stereocenters. The van der Waals surface area contributed by atoms with Gasteiger partial charge in [0.25, 0.3) is 0 Å². The Hall–Kier alpha value is -4.45. The highest BCUT2D eigenvalue weighted by Gasteiger charge is 2.34. The fraction of sp³-hybridized carbons (Fsp3) is 0.564. The Bertz CT molecular complexity index is 1420. The van der Waals surface area contributed by atoms with Crippen LogP contribution in [0.3, 0.4) is 0 Å². The van der Waals surface area contributed by atoms with E-state index in [2.05, 4.69) is 21.3 Å². The standard InChI is InChI=1S/C39H58N4O8/c1-8-19-51-29-18-14-17-28(20-29)22-32(45)41-35(25(6)9-2)37(47)40-30(21-27-15-12-11-13-16-27)31(44)23-33(46)42-36(26(7)10-3)38(48)43-34(24(4)5)39(49)50/h11-18,20,24-26,30-31,34-36,44H,8-10,19,21-23H2,1-7H3,(H,40,47)(H,41,45)(H,42,46)(H,43,48)(H,49,50)/t25-,26-,30-,31-,34?,35-,36-/m0/s1. The van der Waals surface area contributed by atoms with Gasteiger partial charge in [-0.2, -0.15) is 0 Å². The first-order chi connectivity index (χ1) is 24.2. The lowest BCUT2D eigenvalue weighted by Gasteiger charge is -2.30. The summed E-state index contributed by atoms with van der Waals surface area (Å²) in [5.74, 6) is -3.59. The first-order valence-corrected chi connectivity index (χ1v) is 18.1. The lowest BCUT2D eigenvalue weighted by atomic mass is 9.94. The van der Waals surface area contributed by atoms with Crippen molar-refractivity contribution in [3.8, 4) is 5.75 Å². The van der Waals surface area contributed by atoms with E-state index in [4.69, 9.17) is 4.74 Å².